The first-order valence-corrected chi connectivity index (χ1v) is 16.7. The predicted octanol–water partition coefficient (Wildman–Crippen LogP) is 6.92. The van der Waals surface area contributed by atoms with Crippen LogP contribution >= 0.6 is 0 Å². The number of urea groups is 1. The van der Waals surface area contributed by atoms with Gasteiger partial charge in [0.2, 0.25) is 0 Å². The molecule has 1 saturated carbocycles. The minimum atomic E-state index is -5.08. The zero-order chi connectivity index (χ0) is 37.5. The van der Waals surface area contributed by atoms with Crippen LogP contribution in [0, 0.1) is 5.92 Å². The van der Waals surface area contributed by atoms with Gasteiger partial charge in [0.1, 0.15) is 11.9 Å². The van der Waals surface area contributed by atoms with E-state index in [0.29, 0.717) is 22.9 Å². The van der Waals surface area contributed by atoms with E-state index < -0.39 is 24.3 Å². The smallest absolute Gasteiger partial charge is 0.490 e. The molecule has 1 fully saturated rings. The highest BCUT2D eigenvalue weighted by Crippen LogP contribution is 2.33. The van der Waals surface area contributed by atoms with E-state index in [2.05, 4.69) is 32.8 Å². The van der Waals surface area contributed by atoms with Crippen LogP contribution in [-0.2, 0) is 16.1 Å². The van der Waals surface area contributed by atoms with Crippen LogP contribution in [0.5, 0.6) is 5.75 Å². The summed E-state index contributed by atoms with van der Waals surface area (Å²) in [6.07, 6.45) is 1.50. The summed E-state index contributed by atoms with van der Waals surface area (Å²) in [6, 6.07) is 22.0. The molecule has 3 aromatic carbocycles. The number of rotatable bonds is 15. The van der Waals surface area contributed by atoms with Gasteiger partial charge < -0.3 is 50.8 Å². The van der Waals surface area contributed by atoms with Crippen molar-refractivity contribution in [1.82, 2.24) is 15.2 Å². The van der Waals surface area contributed by atoms with Crippen LogP contribution in [0.15, 0.2) is 89.8 Å². The van der Waals surface area contributed by atoms with Crippen molar-refractivity contribution < 1.29 is 71.6 Å². The van der Waals surface area contributed by atoms with Crippen molar-refractivity contribution in [2.24, 2.45) is 5.92 Å². The van der Waals surface area contributed by atoms with E-state index in [-0.39, 0.29) is 37.7 Å². The molecule has 1 unspecified atom stereocenters. The number of halogens is 6. The maximum absolute atomic E-state index is 12.9. The fourth-order valence-corrected chi connectivity index (χ4v) is 5.26. The summed E-state index contributed by atoms with van der Waals surface area (Å²) < 4.78 is 48.5. The molecule has 1 aliphatic carbocycles. The molecule has 1 heterocycles. The normalized spacial score (nSPS) is 11.8. The number of nitrogens with one attached hydrogen (secondary N) is 3. The minimum Gasteiger partial charge on any atom is -0.496 e. The number of ether oxygens (including phenoxy) is 2. The second-order valence-electron chi connectivity index (χ2n) is 12.1. The number of carboxylic acids is 1. The number of anilines is 2. The summed E-state index contributed by atoms with van der Waals surface area (Å²) in [6.45, 7) is 5.50. The highest BCUT2D eigenvalue weighted by molar-refractivity contribution is 6.00. The van der Waals surface area contributed by atoms with Gasteiger partial charge in [0.25, 0.3) is 0 Å². The Morgan fingerprint density at radius 1 is 0.947 bits per heavy atom. The number of alkyl halides is 3. The Kier molecular flexibility index (Phi) is 24.4. The van der Waals surface area contributed by atoms with E-state index >= 15 is 0 Å². The molecule has 4 aromatic rings. The van der Waals surface area contributed by atoms with Crippen LogP contribution in [0.25, 0.3) is 11.3 Å². The lowest BCUT2D eigenvalue weighted by Crippen LogP contribution is -2.31. The molecular weight excluding hydrogens is 772 g/mol. The Balaban J connectivity index is 0. The number of carboxylic acid groups (broad SMARTS) is 1. The number of aliphatic carboxylic acids is 1. The van der Waals surface area contributed by atoms with Crippen LogP contribution in [0.4, 0.5) is 48.2 Å². The van der Waals surface area contributed by atoms with Gasteiger partial charge in [-0.05, 0) is 67.1 Å². The van der Waals surface area contributed by atoms with Crippen molar-refractivity contribution in [2.75, 3.05) is 37.4 Å². The third-order valence-electron chi connectivity index (χ3n) is 7.90. The molecule has 1 aromatic heterocycles. The first-order chi connectivity index (χ1) is 24.9. The van der Waals surface area contributed by atoms with Crippen LogP contribution in [-0.4, -0.2) is 77.0 Å². The van der Waals surface area contributed by atoms with Gasteiger partial charge >= 0.3 is 24.3 Å². The van der Waals surface area contributed by atoms with Gasteiger partial charge in [0.05, 0.1) is 18.9 Å². The SMILES string of the molecule is CCCN(CCC(OC(=O)NCc1cccc(NC(=O)Nc2ccc(-c3cnco3)c(OC)c2)c1)c1ccccc1)CC1CC1.F.F.F.O.O.O=C(O)C(F)(F)F. The number of benzene rings is 3. The number of alkyl carbamates (subject to hydrolysis) is 1. The third kappa shape index (κ3) is 18.1. The first kappa shape index (κ1) is 53.2. The molecule has 5 rings (SSSR count). The number of methoxy groups -OCH3 is 1. The van der Waals surface area contributed by atoms with Gasteiger partial charge in [-0.25, -0.2) is 19.4 Å². The van der Waals surface area contributed by atoms with Crippen LogP contribution < -0.4 is 20.7 Å². The topological polar surface area (TPSA) is 218 Å². The van der Waals surface area contributed by atoms with Crippen molar-refractivity contribution in [3.05, 3.63) is 96.5 Å². The maximum atomic E-state index is 12.9. The van der Waals surface area contributed by atoms with E-state index in [1.54, 1.807) is 37.6 Å². The van der Waals surface area contributed by atoms with Gasteiger partial charge in [-0.15, -0.1) is 0 Å². The van der Waals surface area contributed by atoms with Crippen molar-refractivity contribution in [3.8, 4) is 17.1 Å². The summed E-state index contributed by atoms with van der Waals surface area (Å²) in [4.78, 5) is 41.0. The number of hydrogen-bond donors (Lipinski definition) is 4. The van der Waals surface area contributed by atoms with Crippen molar-refractivity contribution in [2.45, 2.75) is 51.4 Å². The third-order valence-corrected chi connectivity index (χ3v) is 7.90. The lowest BCUT2D eigenvalue weighted by molar-refractivity contribution is -0.192. The highest BCUT2D eigenvalue weighted by Gasteiger charge is 2.38. The van der Waals surface area contributed by atoms with Gasteiger partial charge in [0, 0.05) is 43.5 Å². The molecule has 14 nitrogen and oxygen atoms in total. The molecule has 3 amide bonds. The average Bonchev–Trinajstić information content (AvgIpc) is 3.77. The number of carbonyl (C=O) groups is 3. The lowest BCUT2D eigenvalue weighted by Gasteiger charge is -2.25. The van der Waals surface area contributed by atoms with E-state index in [4.69, 9.17) is 23.8 Å². The molecule has 8 N–H and O–H groups in total. The van der Waals surface area contributed by atoms with Crippen molar-refractivity contribution in [1.29, 1.82) is 0 Å². The Labute approximate surface area is 324 Å². The molecule has 57 heavy (non-hydrogen) atoms. The van der Waals surface area contributed by atoms with Gasteiger partial charge in [0.15, 0.2) is 12.2 Å². The molecule has 1 aliphatic rings. The van der Waals surface area contributed by atoms with Gasteiger partial charge in [-0.2, -0.15) is 13.2 Å². The van der Waals surface area contributed by atoms with E-state index in [0.717, 1.165) is 55.1 Å². The average molecular weight is 822 g/mol. The maximum Gasteiger partial charge on any atom is 0.490 e. The molecule has 318 valence electrons. The first-order valence-electron chi connectivity index (χ1n) is 16.7. The van der Waals surface area contributed by atoms with E-state index in [1.807, 2.05) is 48.5 Å². The number of nitrogens with zero attached hydrogens (tertiary/aromatic N) is 2. The van der Waals surface area contributed by atoms with Gasteiger partial charge in [-0.1, -0.05) is 49.4 Å². The molecule has 0 aliphatic heterocycles. The summed E-state index contributed by atoms with van der Waals surface area (Å²) in [5.74, 6) is -0.841. The van der Waals surface area contributed by atoms with Crippen molar-refractivity contribution in [3.63, 3.8) is 0 Å². The fourth-order valence-electron chi connectivity index (χ4n) is 5.26. The molecule has 0 spiro atoms. The Morgan fingerprint density at radius 2 is 1.60 bits per heavy atom. The highest BCUT2D eigenvalue weighted by atomic mass is 19.4. The fraction of sp³-hybridized carbons (Fsp3) is 0.351. The summed E-state index contributed by atoms with van der Waals surface area (Å²) >= 11 is 0. The number of hydrogen-bond acceptors (Lipinski definition) is 8. The zero-order valence-corrected chi connectivity index (χ0v) is 31.0. The predicted molar refractivity (Wildman–Crippen MR) is 203 cm³/mol. The summed E-state index contributed by atoms with van der Waals surface area (Å²) in [7, 11) is 1.55. The largest absolute Gasteiger partial charge is 0.496 e. The zero-order valence-electron chi connectivity index (χ0n) is 31.0. The summed E-state index contributed by atoms with van der Waals surface area (Å²) in [5, 5.41) is 15.7. The monoisotopic (exact) mass is 821 g/mol. The molecule has 0 saturated heterocycles. The molecule has 20 heteroatoms. The Morgan fingerprint density at radius 3 is 2.16 bits per heavy atom. The molecule has 0 bridgehead atoms. The van der Waals surface area contributed by atoms with Crippen LogP contribution in [0.3, 0.4) is 0 Å². The van der Waals surface area contributed by atoms with Crippen LogP contribution in [0.2, 0.25) is 0 Å². The number of amides is 3. The molecule has 0 radical (unpaired) electrons. The molecule has 1 atom stereocenters. The van der Waals surface area contributed by atoms with E-state index in [9.17, 15) is 22.8 Å². The second-order valence-corrected chi connectivity index (χ2v) is 12.1. The second kappa shape index (κ2) is 26.1. The Bertz CT molecular complexity index is 1750. The number of aromatic nitrogens is 1. The van der Waals surface area contributed by atoms with Crippen LogP contribution in [0.1, 0.15) is 49.8 Å². The minimum absolute atomic E-state index is 0. The summed E-state index contributed by atoms with van der Waals surface area (Å²) in [5.41, 5.74) is 3.66. The van der Waals surface area contributed by atoms with Crippen molar-refractivity contribution >= 4 is 29.5 Å². The molecular formula is C37H49F6N5O9. The number of oxazole rings is 1. The lowest BCUT2D eigenvalue weighted by atomic mass is 10.1. The van der Waals surface area contributed by atoms with E-state index in [1.165, 1.54) is 19.2 Å². The Hall–Kier alpha value is -5.86. The standard InChI is InChI=1S/C35H41N5O5.C2HF3O2.3FH.2H2O/c1-3-17-40(23-25-12-13-25)18-16-31(27-9-5-4-6-10-27)45-35(42)37-21-26-8-7-11-28(19-26)38-34(41)39-29-14-15-30(32(20-29)43-2)33-22-36-24-44-33;3-2(4,5)1(6)7;;;;;/h4-11,14-15,19-20,22,24-25,31H,3,12-13,16-18,21,23H2,1-2H3,(H,37,42)(H2,38,39,41);(H,6,7);3*1H;2*1H2. The number of carbonyl (C=O) groups excluding carboxylic acids is 2. The van der Waals surface area contributed by atoms with Gasteiger partial charge in [-0.3, -0.25) is 14.1 Å². The quantitative estimate of drug-likeness (QED) is 0.0914.